The molecule has 1 aliphatic rings. The lowest BCUT2D eigenvalue weighted by atomic mass is 10.1. The summed E-state index contributed by atoms with van der Waals surface area (Å²) in [6, 6.07) is 12.9. The molecule has 0 unspecified atom stereocenters. The van der Waals surface area contributed by atoms with Gasteiger partial charge in [-0.2, -0.15) is 0 Å². The van der Waals surface area contributed by atoms with Crippen LogP contribution in [0.25, 0.3) is 0 Å². The molecule has 2 amide bonds. The highest BCUT2D eigenvalue weighted by Crippen LogP contribution is 2.22. The summed E-state index contributed by atoms with van der Waals surface area (Å²) in [6.45, 7) is 4.82. The van der Waals surface area contributed by atoms with E-state index < -0.39 is 5.97 Å². The van der Waals surface area contributed by atoms with Gasteiger partial charge >= 0.3 is 5.97 Å². The average molecular weight is 394 g/mol. The molecule has 0 atom stereocenters. The molecule has 0 spiro atoms. The number of carbonyl (C=O) groups is 3. The van der Waals surface area contributed by atoms with Crippen molar-refractivity contribution in [1.82, 2.24) is 4.90 Å². The predicted molar refractivity (Wildman–Crippen MR) is 111 cm³/mol. The van der Waals surface area contributed by atoms with Crippen molar-refractivity contribution in [3.8, 4) is 0 Å². The van der Waals surface area contributed by atoms with Gasteiger partial charge in [0.25, 0.3) is 5.91 Å². The van der Waals surface area contributed by atoms with Crippen LogP contribution in [-0.2, 0) is 20.9 Å². The van der Waals surface area contributed by atoms with Crippen LogP contribution in [0.4, 0.5) is 5.69 Å². The van der Waals surface area contributed by atoms with E-state index in [2.05, 4.69) is 6.07 Å². The maximum absolute atomic E-state index is 12.4. The van der Waals surface area contributed by atoms with Crippen molar-refractivity contribution in [3.63, 3.8) is 0 Å². The Labute approximate surface area is 171 Å². The molecular formula is C23H26N2O4. The zero-order chi connectivity index (χ0) is 21.0. The number of rotatable bonds is 6. The van der Waals surface area contributed by atoms with Crippen molar-refractivity contribution in [3.05, 3.63) is 64.7 Å². The fourth-order valence-corrected chi connectivity index (χ4v) is 3.41. The van der Waals surface area contributed by atoms with Gasteiger partial charge < -0.3 is 14.5 Å². The van der Waals surface area contributed by atoms with E-state index in [4.69, 9.17) is 4.74 Å². The molecule has 6 nitrogen and oxygen atoms in total. The highest BCUT2D eigenvalue weighted by molar-refractivity contribution is 5.97. The van der Waals surface area contributed by atoms with Crippen LogP contribution in [-0.4, -0.2) is 42.9 Å². The van der Waals surface area contributed by atoms with E-state index in [1.54, 1.807) is 41.1 Å². The normalized spacial score (nSPS) is 13.5. The quantitative estimate of drug-likeness (QED) is 0.706. The first-order valence-electron chi connectivity index (χ1n) is 9.73. The molecule has 0 N–H and O–H groups in total. The number of likely N-dealkylation sites (N-methyl/N-ethyl adjacent to an activating group) is 1. The minimum absolute atomic E-state index is 0.0544. The maximum atomic E-state index is 12.4. The van der Waals surface area contributed by atoms with E-state index in [9.17, 15) is 14.4 Å². The summed E-state index contributed by atoms with van der Waals surface area (Å²) in [6.07, 6.45) is 1.34. The third kappa shape index (κ3) is 5.02. The van der Waals surface area contributed by atoms with Crippen molar-refractivity contribution in [2.75, 3.05) is 25.1 Å². The summed E-state index contributed by atoms with van der Waals surface area (Å²) < 4.78 is 5.21. The smallest absolute Gasteiger partial charge is 0.338 e. The zero-order valence-electron chi connectivity index (χ0n) is 17.1. The van der Waals surface area contributed by atoms with Gasteiger partial charge in [-0.15, -0.1) is 0 Å². The van der Waals surface area contributed by atoms with Crippen molar-refractivity contribution in [2.45, 2.75) is 33.2 Å². The van der Waals surface area contributed by atoms with Gasteiger partial charge in [-0.3, -0.25) is 9.59 Å². The molecule has 29 heavy (non-hydrogen) atoms. The van der Waals surface area contributed by atoms with Gasteiger partial charge in [0.1, 0.15) is 0 Å². The van der Waals surface area contributed by atoms with E-state index in [1.165, 1.54) is 5.56 Å². The molecule has 1 saturated heterocycles. The number of carbonyl (C=O) groups excluding carboxylic acids is 3. The van der Waals surface area contributed by atoms with Gasteiger partial charge in [0.15, 0.2) is 6.61 Å². The predicted octanol–water partition coefficient (Wildman–Crippen LogP) is 3.25. The Bertz CT molecular complexity index is 938. The molecule has 0 radical (unpaired) electrons. The monoisotopic (exact) mass is 394 g/mol. The number of amides is 2. The number of nitrogens with zero attached hydrogens (tertiary/aromatic N) is 2. The summed E-state index contributed by atoms with van der Waals surface area (Å²) in [4.78, 5) is 39.9. The van der Waals surface area contributed by atoms with Crippen molar-refractivity contribution < 1.29 is 19.1 Å². The third-order valence-corrected chi connectivity index (χ3v) is 5.13. The number of anilines is 1. The second kappa shape index (κ2) is 8.90. The van der Waals surface area contributed by atoms with Gasteiger partial charge in [0, 0.05) is 32.2 Å². The Kier molecular flexibility index (Phi) is 6.32. The van der Waals surface area contributed by atoms with Crippen molar-refractivity contribution >= 4 is 23.5 Å². The molecule has 0 aliphatic carbocycles. The topological polar surface area (TPSA) is 66.9 Å². The summed E-state index contributed by atoms with van der Waals surface area (Å²) in [7, 11) is 1.69. The molecule has 0 aromatic heterocycles. The second-order valence-electron chi connectivity index (χ2n) is 7.46. The molecule has 0 saturated carbocycles. The Balaban J connectivity index is 1.57. The SMILES string of the molecule is Cc1ccc(CN(C)C(=O)COC(=O)c2cccc(N3CCCC3=O)c2)c(C)c1. The molecule has 152 valence electrons. The lowest BCUT2D eigenvalue weighted by Gasteiger charge is -2.19. The Morgan fingerprint density at radius 2 is 1.93 bits per heavy atom. The zero-order valence-corrected chi connectivity index (χ0v) is 17.1. The Hall–Kier alpha value is -3.15. The second-order valence-corrected chi connectivity index (χ2v) is 7.46. The highest BCUT2D eigenvalue weighted by atomic mass is 16.5. The largest absolute Gasteiger partial charge is 0.452 e. The number of benzene rings is 2. The molecule has 2 aromatic carbocycles. The minimum atomic E-state index is -0.577. The Morgan fingerprint density at radius 3 is 2.62 bits per heavy atom. The van der Waals surface area contributed by atoms with Crippen LogP contribution in [0.5, 0.6) is 0 Å². The third-order valence-electron chi connectivity index (χ3n) is 5.13. The summed E-state index contributed by atoms with van der Waals surface area (Å²) in [5.74, 6) is -0.797. The molecule has 2 aromatic rings. The standard InChI is InChI=1S/C23H26N2O4/c1-16-9-10-19(17(2)12-16)14-24(3)22(27)15-29-23(28)18-6-4-7-20(13-18)25-11-5-8-21(25)26/h4,6-7,9-10,12-13H,5,8,11,14-15H2,1-3H3. The van der Waals surface area contributed by atoms with Gasteiger partial charge in [0.2, 0.25) is 5.91 Å². The summed E-state index contributed by atoms with van der Waals surface area (Å²) in [5.41, 5.74) is 4.36. The fourth-order valence-electron chi connectivity index (χ4n) is 3.41. The molecule has 0 bridgehead atoms. The van der Waals surface area contributed by atoms with Crippen LogP contribution in [0, 0.1) is 13.8 Å². The molecule has 1 heterocycles. The lowest BCUT2D eigenvalue weighted by Crippen LogP contribution is -2.31. The van der Waals surface area contributed by atoms with Gasteiger partial charge in [-0.05, 0) is 49.6 Å². The summed E-state index contributed by atoms with van der Waals surface area (Å²) >= 11 is 0. The van der Waals surface area contributed by atoms with Gasteiger partial charge in [-0.25, -0.2) is 4.79 Å². The maximum Gasteiger partial charge on any atom is 0.338 e. The molecule has 3 rings (SSSR count). The van der Waals surface area contributed by atoms with Crippen LogP contribution in [0.2, 0.25) is 0 Å². The van der Waals surface area contributed by atoms with Crippen LogP contribution < -0.4 is 4.90 Å². The van der Waals surface area contributed by atoms with E-state index in [0.29, 0.717) is 30.8 Å². The summed E-state index contributed by atoms with van der Waals surface area (Å²) in [5, 5.41) is 0. The van der Waals surface area contributed by atoms with E-state index in [1.807, 2.05) is 26.0 Å². The average Bonchev–Trinajstić information content (AvgIpc) is 3.14. The first-order valence-corrected chi connectivity index (χ1v) is 9.73. The van der Waals surface area contributed by atoms with E-state index >= 15 is 0 Å². The van der Waals surface area contributed by atoms with Gasteiger partial charge in [0.05, 0.1) is 5.56 Å². The molecular weight excluding hydrogens is 368 g/mol. The fraction of sp³-hybridized carbons (Fsp3) is 0.348. The van der Waals surface area contributed by atoms with E-state index in [-0.39, 0.29) is 18.4 Å². The highest BCUT2D eigenvalue weighted by Gasteiger charge is 2.22. The first kappa shape index (κ1) is 20.6. The van der Waals surface area contributed by atoms with Crippen LogP contribution in [0.3, 0.4) is 0 Å². The number of aryl methyl sites for hydroxylation is 2. The van der Waals surface area contributed by atoms with Crippen LogP contribution in [0.15, 0.2) is 42.5 Å². The van der Waals surface area contributed by atoms with Crippen molar-refractivity contribution in [1.29, 1.82) is 0 Å². The number of ether oxygens (including phenoxy) is 1. The van der Waals surface area contributed by atoms with Crippen LogP contribution in [0.1, 0.15) is 39.9 Å². The van der Waals surface area contributed by atoms with E-state index in [0.717, 1.165) is 17.5 Å². The molecule has 6 heteroatoms. The number of hydrogen-bond donors (Lipinski definition) is 0. The number of hydrogen-bond acceptors (Lipinski definition) is 4. The lowest BCUT2D eigenvalue weighted by molar-refractivity contribution is -0.133. The Morgan fingerprint density at radius 1 is 1.14 bits per heavy atom. The van der Waals surface area contributed by atoms with Crippen molar-refractivity contribution in [2.24, 2.45) is 0 Å². The minimum Gasteiger partial charge on any atom is -0.452 e. The molecule has 1 fully saturated rings. The molecule has 1 aliphatic heterocycles. The number of esters is 1. The first-order chi connectivity index (χ1) is 13.8. The van der Waals surface area contributed by atoms with Gasteiger partial charge in [-0.1, -0.05) is 29.8 Å². The van der Waals surface area contributed by atoms with Crippen LogP contribution >= 0.6 is 0 Å².